The van der Waals surface area contributed by atoms with Gasteiger partial charge < -0.3 is 18.9 Å². The lowest BCUT2D eigenvalue weighted by atomic mass is 10.1. The number of carbonyl (C=O) groups excluding carboxylic acids is 1. The van der Waals surface area contributed by atoms with E-state index >= 15 is 0 Å². The van der Waals surface area contributed by atoms with Gasteiger partial charge in [-0.05, 0) is 44.5 Å². The van der Waals surface area contributed by atoms with Crippen molar-refractivity contribution in [1.82, 2.24) is 0 Å². The minimum absolute atomic E-state index is 0.265. The van der Waals surface area contributed by atoms with Gasteiger partial charge in [-0.15, -0.1) is 0 Å². The SMILES string of the molecule is CCOC(=O)C(C)(C)Oc1ccc(/C=C/C2OCCO2)cc1. The fourth-order valence-electron chi connectivity index (χ4n) is 1.97. The van der Waals surface area contributed by atoms with Crippen LogP contribution in [0.15, 0.2) is 30.3 Å². The van der Waals surface area contributed by atoms with Gasteiger partial charge in [-0.2, -0.15) is 0 Å². The predicted molar refractivity (Wildman–Crippen MR) is 82.5 cm³/mol. The number of carbonyl (C=O) groups is 1. The molecule has 0 atom stereocenters. The zero-order valence-electron chi connectivity index (χ0n) is 13.2. The molecule has 1 heterocycles. The zero-order chi connectivity index (χ0) is 16.0. The van der Waals surface area contributed by atoms with Crippen molar-refractivity contribution in [2.24, 2.45) is 0 Å². The van der Waals surface area contributed by atoms with Gasteiger partial charge in [0.25, 0.3) is 0 Å². The minimum Gasteiger partial charge on any atom is -0.476 e. The summed E-state index contributed by atoms with van der Waals surface area (Å²) in [6, 6.07) is 7.44. The van der Waals surface area contributed by atoms with Crippen LogP contribution in [0.4, 0.5) is 0 Å². The van der Waals surface area contributed by atoms with Gasteiger partial charge in [-0.3, -0.25) is 0 Å². The van der Waals surface area contributed by atoms with Gasteiger partial charge in [0, 0.05) is 0 Å². The Bertz CT molecular complexity index is 512. The van der Waals surface area contributed by atoms with Crippen LogP contribution in [-0.4, -0.2) is 37.7 Å². The highest BCUT2D eigenvalue weighted by molar-refractivity contribution is 5.79. The summed E-state index contributed by atoms with van der Waals surface area (Å²) in [6.07, 6.45) is 3.53. The van der Waals surface area contributed by atoms with Gasteiger partial charge in [0.1, 0.15) is 5.75 Å². The highest BCUT2D eigenvalue weighted by Crippen LogP contribution is 2.21. The van der Waals surface area contributed by atoms with Gasteiger partial charge in [-0.25, -0.2) is 4.79 Å². The molecule has 1 saturated heterocycles. The Morgan fingerprint density at radius 1 is 1.27 bits per heavy atom. The number of hydrogen-bond acceptors (Lipinski definition) is 5. The predicted octanol–water partition coefficient (Wildman–Crippen LogP) is 2.79. The third kappa shape index (κ3) is 4.58. The molecular formula is C17H22O5. The summed E-state index contributed by atoms with van der Waals surface area (Å²) in [4.78, 5) is 11.8. The van der Waals surface area contributed by atoms with Crippen molar-refractivity contribution in [3.05, 3.63) is 35.9 Å². The zero-order valence-corrected chi connectivity index (χ0v) is 13.2. The van der Waals surface area contributed by atoms with Gasteiger partial charge in [-0.1, -0.05) is 18.2 Å². The van der Waals surface area contributed by atoms with Crippen LogP contribution in [0.25, 0.3) is 6.08 Å². The van der Waals surface area contributed by atoms with Crippen LogP contribution in [0.2, 0.25) is 0 Å². The number of benzene rings is 1. The van der Waals surface area contributed by atoms with Crippen molar-refractivity contribution >= 4 is 12.0 Å². The Labute approximate surface area is 130 Å². The molecule has 5 heteroatoms. The normalized spacial score (nSPS) is 16.1. The summed E-state index contributed by atoms with van der Waals surface area (Å²) in [5, 5.41) is 0. The Morgan fingerprint density at radius 2 is 1.91 bits per heavy atom. The highest BCUT2D eigenvalue weighted by atomic mass is 16.7. The van der Waals surface area contributed by atoms with Gasteiger partial charge in [0.2, 0.25) is 0 Å². The maximum Gasteiger partial charge on any atom is 0.349 e. The van der Waals surface area contributed by atoms with E-state index in [1.165, 1.54) is 0 Å². The number of hydrogen-bond donors (Lipinski definition) is 0. The summed E-state index contributed by atoms with van der Waals surface area (Å²) < 4.78 is 21.4. The first kappa shape index (κ1) is 16.5. The maximum atomic E-state index is 11.8. The summed E-state index contributed by atoms with van der Waals surface area (Å²) in [7, 11) is 0. The van der Waals surface area contributed by atoms with Crippen molar-refractivity contribution in [1.29, 1.82) is 0 Å². The first-order chi connectivity index (χ1) is 10.5. The van der Waals surface area contributed by atoms with Crippen LogP contribution < -0.4 is 4.74 Å². The van der Waals surface area contributed by atoms with E-state index in [1.807, 2.05) is 36.4 Å². The van der Waals surface area contributed by atoms with E-state index in [2.05, 4.69) is 0 Å². The smallest absolute Gasteiger partial charge is 0.349 e. The van der Waals surface area contributed by atoms with Crippen LogP contribution in [0.3, 0.4) is 0 Å². The molecule has 1 aliphatic rings. The topological polar surface area (TPSA) is 54.0 Å². The van der Waals surface area contributed by atoms with E-state index in [4.69, 9.17) is 18.9 Å². The Morgan fingerprint density at radius 3 is 2.50 bits per heavy atom. The van der Waals surface area contributed by atoms with Crippen LogP contribution in [0.1, 0.15) is 26.3 Å². The lowest BCUT2D eigenvalue weighted by Crippen LogP contribution is -2.39. The molecule has 0 unspecified atom stereocenters. The average molecular weight is 306 g/mol. The molecule has 120 valence electrons. The molecule has 1 aromatic carbocycles. The summed E-state index contributed by atoms with van der Waals surface area (Å²) in [6.45, 7) is 6.74. The van der Waals surface area contributed by atoms with Crippen LogP contribution in [0, 0.1) is 0 Å². The Hall–Kier alpha value is -1.85. The molecule has 1 aromatic rings. The quantitative estimate of drug-likeness (QED) is 0.756. The van der Waals surface area contributed by atoms with Crippen LogP contribution >= 0.6 is 0 Å². The molecule has 0 saturated carbocycles. The second-order valence-electron chi connectivity index (χ2n) is 5.37. The first-order valence-corrected chi connectivity index (χ1v) is 7.39. The molecular weight excluding hydrogens is 284 g/mol. The molecule has 5 nitrogen and oxygen atoms in total. The molecule has 1 fully saturated rings. The maximum absolute atomic E-state index is 11.8. The molecule has 0 radical (unpaired) electrons. The number of ether oxygens (including phenoxy) is 4. The van der Waals surface area contributed by atoms with E-state index in [0.717, 1.165) is 5.56 Å². The lowest BCUT2D eigenvalue weighted by Gasteiger charge is -2.24. The van der Waals surface area contributed by atoms with E-state index in [1.54, 1.807) is 20.8 Å². The number of esters is 1. The molecule has 0 bridgehead atoms. The van der Waals surface area contributed by atoms with E-state index < -0.39 is 5.60 Å². The first-order valence-electron chi connectivity index (χ1n) is 7.39. The van der Waals surface area contributed by atoms with E-state index in [9.17, 15) is 4.79 Å². The monoisotopic (exact) mass is 306 g/mol. The van der Waals surface area contributed by atoms with Gasteiger partial charge in [0.15, 0.2) is 11.9 Å². The third-order valence-electron chi connectivity index (χ3n) is 3.11. The average Bonchev–Trinajstić information content (AvgIpc) is 3.00. The van der Waals surface area contributed by atoms with Crippen molar-refractivity contribution in [3.63, 3.8) is 0 Å². The van der Waals surface area contributed by atoms with E-state index in [0.29, 0.717) is 25.6 Å². The molecule has 0 aromatic heterocycles. The van der Waals surface area contributed by atoms with Crippen molar-refractivity contribution in [3.8, 4) is 5.75 Å². The molecule has 0 N–H and O–H groups in total. The Balaban J connectivity index is 1.95. The molecule has 22 heavy (non-hydrogen) atoms. The lowest BCUT2D eigenvalue weighted by molar-refractivity contribution is -0.158. The minimum atomic E-state index is -1.01. The molecule has 2 rings (SSSR count). The van der Waals surface area contributed by atoms with Crippen LogP contribution in [-0.2, 0) is 19.0 Å². The fraction of sp³-hybridized carbons (Fsp3) is 0.471. The van der Waals surface area contributed by atoms with Crippen molar-refractivity contribution in [2.45, 2.75) is 32.7 Å². The second-order valence-corrected chi connectivity index (χ2v) is 5.37. The molecule has 1 aliphatic heterocycles. The summed E-state index contributed by atoms with van der Waals surface area (Å²) >= 11 is 0. The molecule has 0 aliphatic carbocycles. The largest absolute Gasteiger partial charge is 0.476 e. The van der Waals surface area contributed by atoms with Crippen molar-refractivity contribution < 1.29 is 23.7 Å². The third-order valence-corrected chi connectivity index (χ3v) is 3.11. The van der Waals surface area contributed by atoms with Gasteiger partial charge >= 0.3 is 5.97 Å². The van der Waals surface area contributed by atoms with E-state index in [-0.39, 0.29) is 12.3 Å². The second kappa shape index (κ2) is 7.42. The van der Waals surface area contributed by atoms with Crippen LogP contribution in [0.5, 0.6) is 5.75 Å². The summed E-state index contributed by atoms with van der Waals surface area (Å²) in [5.74, 6) is 0.234. The number of rotatable bonds is 6. The van der Waals surface area contributed by atoms with Gasteiger partial charge in [0.05, 0.1) is 19.8 Å². The fourth-order valence-corrected chi connectivity index (χ4v) is 1.97. The van der Waals surface area contributed by atoms with Crippen molar-refractivity contribution in [2.75, 3.05) is 19.8 Å². The molecule has 0 amide bonds. The highest BCUT2D eigenvalue weighted by Gasteiger charge is 2.31. The molecule has 0 spiro atoms. The Kier molecular flexibility index (Phi) is 5.57. The summed E-state index contributed by atoms with van der Waals surface area (Å²) in [5.41, 5.74) is -0.0146. The standard InChI is InChI=1S/C17H22O5/c1-4-19-16(18)17(2,3)22-14-8-5-13(6-9-14)7-10-15-20-11-12-21-15/h5-10,15H,4,11-12H2,1-3H3/b10-7+.